The van der Waals surface area contributed by atoms with Crippen LogP contribution in [0.25, 0.3) is 0 Å². The Morgan fingerprint density at radius 1 is 1.48 bits per heavy atom. The Kier molecular flexibility index (Phi) is 6.60. The second kappa shape index (κ2) is 7.96. The zero-order valence-electron chi connectivity index (χ0n) is 12.9. The van der Waals surface area contributed by atoms with E-state index in [0.717, 1.165) is 0 Å². The van der Waals surface area contributed by atoms with Crippen molar-refractivity contribution in [3.63, 3.8) is 0 Å². The van der Waals surface area contributed by atoms with Crippen molar-refractivity contribution < 1.29 is 9.53 Å². The first-order chi connectivity index (χ1) is 9.93. The van der Waals surface area contributed by atoms with Gasteiger partial charge in [-0.05, 0) is 38.3 Å². The molecule has 0 unspecified atom stereocenters. The lowest BCUT2D eigenvalue weighted by atomic mass is 10.1. The zero-order chi connectivity index (χ0) is 15.9. The minimum atomic E-state index is -0.115. The summed E-state index contributed by atoms with van der Waals surface area (Å²) in [5.74, 6) is 6.21. The fourth-order valence-corrected chi connectivity index (χ4v) is 1.78. The third kappa shape index (κ3) is 5.33. The summed E-state index contributed by atoms with van der Waals surface area (Å²) in [6.45, 7) is 5.04. The second-order valence-corrected chi connectivity index (χ2v) is 6.58. The van der Waals surface area contributed by atoms with Gasteiger partial charge in [-0.3, -0.25) is 4.79 Å². The molecule has 0 aromatic heterocycles. The maximum atomic E-state index is 12.2. The molecule has 0 fully saturated rings. The molecule has 0 heterocycles. The molecule has 0 saturated heterocycles. The summed E-state index contributed by atoms with van der Waals surface area (Å²) in [5.41, 5.74) is 6.61. The SMILES string of the molecule is COc1ccc(C(=O)NCC(C)(C)SC)cc1C#CCN. The number of benzene rings is 1. The van der Waals surface area contributed by atoms with Gasteiger partial charge in [0.05, 0.1) is 19.2 Å². The average Bonchev–Trinajstić information content (AvgIpc) is 2.50. The van der Waals surface area contributed by atoms with Crippen LogP contribution in [0.5, 0.6) is 5.75 Å². The molecule has 0 aliphatic heterocycles. The highest BCUT2D eigenvalue weighted by atomic mass is 32.2. The van der Waals surface area contributed by atoms with Gasteiger partial charge in [-0.1, -0.05) is 11.8 Å². The van der Waals surface area contributed by atoms with Crippen molar-refractivity contribution in [2.24, 2.45) is 5.73 Å². The normalized spacial score (nSPS) is 10.5. The number of hydrogen-bond acceptors (Lipinski definition) is 4. The number of carbonyl (C=O) groups is 1. The van der Waals surface area contributed by atoms with Crippen LogP contribution in [0.2, 0.25) is 0 Å². The molecule has 0 bridgehead atoms. The molecule has 5 heteroatoms. The van der Waals surface area contributed by atoms with Crippen LogP contribution in [0, 0.1) is 11.8 Å². The van der Waals surface area contributed by atoms with Gasteiger partial charge in [0.15, 0.2) is 0 Å². The van der Waals surface area contributed by atoms with Crippen molar-refractivity contribution >= 4 is 17.7 Å². The van der Waals surface area contributed by atoms with E-state index >= 15 is 0 Å². The first-order valence-corrected chi connectivity index (χ1v) is 7.86. The number of nitrogens with two attached hydrogens (primary N) is 1. The number of nitrogens with one attached hydrogen (secondary N) is 1. The molecule has 21 heavy (non-hydrogen) atoms. The minimum Gasteiger partial charge on any atom is -0.495 e. The molecular weight excluding hydrogens is 284 g/mol. The lowest BCUT2D eigenvalue weighted by Crippen LogP contribution is -2.36. The molecule has 1 aromatic rings. The lowest BCUT2D eigenvalue weighted by molar-refractivity contribution is 0.0950. The maximum absolute atomic E-state index is 12.2. The summed E-state index contributed by atoms with van der Waals surface area (Å²) in [6, 6.07) is 5.20. The minimum absolute atomic E-state index is 0.00428. The maximum Gasteiger partial charge on any atom is 0.251 e. The second-order valence-electron chi connectivity index (χ2n) is 5.07. The van der Waals surface area contributed by atoms with Crippen molar-refractivity contribution in [2.45, 2.75) is 18.6 Å². The highest BCUT2D eigenvalue weighted by Gasteiger charge is 2.18. The smallest absolute Gasteiger partial charge is 0.251 e. The van der Waals surface area contributed by atoms with Gasteiger partial charge < -0.3 is 15.8 Å². The topological polar surface area (TPSA) is 64.3 Å². The summed E-state index contributed by atoms with van der Waals surface area (Å²) in [5, 5.41) is 2.94. The molecule has 1 rings (SSSR count). The van der Waals surface area contributed by atoms with Gasteiger partial charge in [-0.25, -0.2) is 0 Å². The van der Waals surface area contributed by atoms with Gasteiger partial charge in [0.1, 0.15) is 5.75 Å². The molecule has 1 aromatic carbocycles. The third-order valence-electron chi connectivity index (χ3n) is 3.01. The number of amides is 1. The van der Waals surface area contributed by atoms with Gasteiger partial charge in [-0.2, -0.15) is 11.8 Å². The summed E-state index contributed by atoms with van der Waals surface area (Å²) >= 11 is 1.71. The van der Waals surface area contributed by atoms with Crippen molar-refractivity contribution in [2.75, 3.05) is 26.5 Å². The van der Waals surface area contributed by atoms with Crippen LogP contribution in [0.4, 0.5) is 0 Å². The van der Waals surface area contributed by atoms with Crippen molar-refractivity contribution in [1.82, 2.24) is 5.32 Å². The molecule has 4 nitrogen and oxygen atoms in total. The largest absolute Gasteiger partial charge is 0.495 e. The quantitative estimate of drug-likeness (QED) is 0.815. The van der Waals surface area contributed by atoms with E-state index < -0.39 is 0 Å². The predicted octanol–water partition coefficient (Wildman–Crippen LogP) is 1.88. The third-order valence-corrected chi connectivity index (χ3v) is 4.26. The van der Waals surface area contributed by atoms with E-state index in [-0.39, 0.29) is 17.2 Å². The van der Waals surface area contributed by atoms with Crippen molar-refractivity contribution in [1.29, 1.82) is 0 Å². The number of thioether (sulfide) groups is 1. The Balaban J connectivity index is 2.90. The van der Waals surface area contributed by atoms with Crippen molar-refractivity contribution in [3.8, 4) is 17.6 Å². The van der Waals surface area contributed by atoms with Gasteiger partial charge in [0, 0.05) is 16.9 Å². The Labute approximate surface area is 130 Å². The van der Waals surface area contributed by atoms with E-state index in [1.165, 1.54) is 0 Å². The molecule has 0 atom stereocenters. The summed E-state index contributed by atoms with van der Waals surface area (Å²) in [4.78, 5) is 12.2. The summed E-state index contributed by atoms with van der Waals surface area (Å²) in [6.07, 6.45) is 2.03. The van der Waals surface area contributed by atoms with Crippen LogP contribution >= 0.6 is 11.8 Å². The van der Waals surface area contributed by atoms with E-state index in [0.29, 0.717) is 23.4 Å². The number of methoxy groups -OCH3 is 1. The van der Waals surface area contributed by atoms with Gasteiger partial charge >= 0.3 is 0 Å². The number of rotatable bonds is 5. The fraction of sp³-hybridized carbons (Fsp3) is 0.438. The van der Waals surface area contributed by atoms with E-state index in [9.17, 15) is 4.79 Å². The summed E-state index contributed by atoms with van der Waals surface area (Å²) in [7, 11) is 1.57. The average molecular weight is 306 g/mol. The van der Waals surface area contributed by atoms with Gasteiger partial charge in [-0.15, -0.1) is 0 Å². The lowest BCUT2D eigenvalue weighted by Gasteiger charge is -2.22. The Hall–Kier alpha value is -1.64. The number of ether oxygens (including phenoxy) is 1. The van der Waals surface area contributed by atoms with E-state index in [4.69, 9.17) is 10.5 Å². The Bertz CT molecular complexity index is 559. The monoisotopic (exact) mass is 306 g/mol. The number of hydrogen-bond donors (Lipinski definition) is 2. The highest BCUT2D eigenvalue weighted by Crippen LogP contribution is 2.21. The first-order valence-electron chi connectivity index (χ1n) is 6.64. The standard InChI is InChI=1S/C16H22N2O2S/c1-16(2,21-4)11-18-15(19)13-7-8-14(20-3)12(10-13)6-5-9-17/h7-8,10H,9,11,17H2,1-4H3,(H,18,19). The molecular formula is C16H22N2O2S. The molecule has 1 amide bonds. The zero-order valence-corrected chi connectivity index (χ0v) is 13.8. The highest BCUT2D eigenvalue weighted by molar-refractivity contribution is 7.99. The molecule has 0 aliphatic rings. The van der Waals surface area contributed by atoms with Crippen LogP contribution in [0.1, 0.15) is 29.8 Å². The predicted molar refractivity (Wildman–Crippen MR) is 88.9 cm³/mol. The van der Waals surface area contributed by atoms with Crippen LogP contribution < -0.4 is 15.8 Å². The Morgan fingerprint density at radius 2 is 2.19 bits per heavy atom. The molecule has 0 spiro atoms. The van der Waals surface area contributed by atoms with Gasteiger partial charge in [0.2, 0.25) is 0 Å². The van der Waals surface area contributed by atoms with E-state index in [2.05, 4.69) is 31.0 Å². The number of carbonyl (C=O) groups excluding carboxylic acids is 1. The molecule has 0 aliphatic carbocycles. The van der Waals surface area contributed by atoms with Crippen molar-refractivity contribution in [3.05, 3.63) is 29.3 Å². The summed E-state index contributed by atoms with van der Waals surface area (Å²) < 4.78 is 5.23. The van der Waals surface area contributed by atoms with Gasteiger partial charge in [0.25, 0.3) is 5.91 Å². The van der Waals surface area contributed by atoms with Crippen LogP contribution in [-0.4, -0.2) is 37.1 Å². The van der Waals surface area contributed by atoms with Crippen LogP contribution in [0.3, 0.4) is 0 Å². The fourth-order valence-electron chi connectivity index (χ4n) is 1.56. The van der Waals surface area contributed by atoms with Crippen LogP contribution in [-0.2, 0) is 0 Å². The van der Waals surface area contributed by atoms with Crippen LogP contribution in [0.15, 0.2) is 18.2 Å². The molecule has 0 saturated carbocycles. The molecule has 3 N–H and O–H groups in total. The first kappa shape index (κ1) is 17.4. The molecule has 114 valence electrons. The Morgan fingerprint density at radius 3 is 2.76 bits per heavy atom. The van der Waals surface area contributed by atoms with E-state index in [1.54, 1.807) is 37.1 Å². The van der Waals surface area contributed by atoms with E-state index in [1.807, 2.05) is 6.26 Å². The molecule has 0 radical (unpaired) electrons.